The normalized spacial score (nSPS) is 18.7. The summed E-state index contributed by atoms with van der Waals surface area (Å²) in [6, 6.07) is 30.4. The predicted octanol–water partition coefficient (Wildman–Crippen LogP) is 6.44. The number of benzene rings is 4. The van der Waals surface area contributed by atoms with Crippen molar-refractivity contribution in [2.75, 3.05) is 13.2 Å². The number of fused-ring (bicyclic) bond motifs is 1. The summed E-state index contributed by atoms with van der Waals surface area (Å²) in [5.41, 5.74) is 19.1. The number of carbonyl (C=O) groups is 1. The van der Waals surface area contributed by atoms with Gasteiger partial charge in [0, 0.05) is 51.7 Å². The minimum atomic E-state index is -1.49. The lowest BCUT2D eigenvalue weighted by Crippen LogP contribution is -2.56. The fourth-order valence-electron chi connectivity index (χ4n) is 5.98. The van der Waals surface area contributed by atoms with E-state index in [1.807, 2.05) is 72.8 Å². The first-order chi connectivity index (χ1) is 22.5. The standard InChI is InChI=1S/C35H33BrN6O4/c36-30-12-5-4-11-29(30)32-35(22-26-10-3-6-13-31(26)40-42-37,34(44)41-39-27-20-24-8-1-2-9-25(24)21-27)38-33(46-32)23-14-16-28(17-15-23)45-19-7-18-43/h1-6,8-17,27,32,39,43H,7,18-22H2,(H,41,44)/t32-,35-/m0/s1. The lowest BCUT2D eigenvalue weighted by atomic mass is 9.81. The number of rotatable bonds is 12. The number of aliphatic hydroxyl groups is 1. The van der Waals surface area contributed by atoms with E-state index in [-0.39, 0.29) is 25.0 Å². The van der Waals surface area contributed by atoms with Crippen LogP contribution in [0, 0.1) is 0 Å². The Morgan fingerprint density at radius 3 is 2.43 bits per heavy atom. The molecule has 234 valence electrons. The van der Waals surface area contributed by atoms with Crippen LogP contribution < -0.4 is 15.6 Å². The Bertz CT molecular complexity index is 1770. The highest BCUT2D eigenvalue weighted by Crippen LogP contribution is 2.45. The van der Waals surface area contributed by atoms with Gasteiger partial charge in [-0.05, 0) is 65.4 Å². The summed E-state index contributed by atoms with van der Waals surface area (Å²) in [5, 5.41) is 13.0. The van der Waals surface area contributed by atoms with Crippen LogP contribution in [0.3, 0.4) is 0 Å². The van der Waals surface area contributed by atoms with Crippen LogP contribution in [0.15, 0.2) is 112 Å². The van der Waals surface area contributed by atoms with E-state index >= 15 is 0 Å². The van der Waals surface area contributed by atoms with E-state index in [4.69, 9.17) is 19.6 Å². The second kappa shape index (κ2) is 14.2. The van der Waals surface area contributed by atoms with Gasteiger partial charge in [0.05, 0.1) is 6.61 Å². The number of aliphatic imine (C=N–C) groups is 1. The van der Waals surface area contributed by atoms with Gasteiger partial charge >= 0.3 is 0 Å². The fraction of sp³-hybridized carbons (Fsp3) is 0.257. The molecule has 0 aromatic heterocycles. The molecule has 0 fully saturated rings. The van der Waals surface area contributed by atoms with Crippen molar-refractivity contribution >= 4 is 33.4 Å². The van der Waals surface area contributed by atoms with E-state index in [0.717, 1.165) is 22.9 Å². The zero-order valence-corrected chi connectivity index (χ0v) is 26.6. The average Bonchev–Trinajstić information content (AvgIpc) is 3.68. The predicted molar refractivity (Wildman–Crippen MR) is 179 cm³/mol. The Labute approximate surface area is 275 Å². The zero-order valence-electron chi connectivity index (χ0n) is 25.0. The fourth-order valence-corrected chi connectivity index (χ4v) is 6.47. The molecule has 0 bridgehead atoms. The van der Waals surface area contributed by atoms with Crippen LogP contribution in [0.2, 0.25) is 0 Å². The maximum atomic E-state index is 14.6. The molecule has 1 aliphatic carbocycles. The van der Waals surface area contributed by atoms with Crippen molar-refractivity contribution in [2.45, 2.75) is 43.4 Å². The molecular formula is C35H33BrN6O4. The van der Waals surface area contributed by atoms with Gasteiger partial charge in [0.15, 0.2) is 11.6 Å². The number of amides is 1. The van der Waals surface area contributed by atoms with Crippen molar-refractivity contribution in [3.05, 3.63) is 140 Å². The second-order valence-corrected chi connectivity index (χ2v) is 12.1. The highest BCUT2D eigenvalue weighted by molar-refractivity contribution is 9.10. The Morgan fingerprint density at radius 1 is 1.02 bits per heavy atom. The van der Waals surface area contributed by atoms with E-state index < -0.39 is 11.6 Å². The molecule has 2 atom stereocenters. The average molecular weight is 682 g/mol. The minimum absolute atomic E-state index is 0.0138. The molecule has 0 saturated carbocycles. The summed E-state index contributed by atoms with van der Waals surface area (Å²) in [7, 11) is 0. The molecule has 11 heteroatoms. The van der Waals surface area contributed by atoms with Gasteiger partial charge in [-0.3, -0.25) is 10.2 Å². The number of nitrogens with one attached hydrogen (secondary N) is 2. The highest BCUT2D eigenvalue weighted by atomic mass is 79.9. The van der Waals surface area contributed by atoms with E-state index in [1.165, 1.54) is 11.1 Å². The quantitative estimate of drug-likeness (QED) is 0.0519. The van der Waals surface area contributed by atoms with Gasteiger partial charge in [-0.2, -0.15) is 0 Å². The molecule has 6 rings (SSSR count). The first-order valence-corrected chi connectivity index (χ1v) is 15.9. The maximum Gasteiger partial charge on any atom is 0.266 e. The number of ether oxygens (including phenoxy) is 2. The van der Waals surface area contributed by atoms with Gasteiger partial charge in [0.2, 0.25) is 5.90 Å². The van der Waals surface area contributed by atoms with Gasteiger partial charge in [0.1, 0.15) is 5.75 Å². The number of carbonyl (C=O) groups excluding carboxylic acids is 1. The van der Waals surface area contributed by atoms with Crippen molar-refractivity contribution in [3.63, 3.8) is 0 Å². The first kappa shape index (κ1) is 31.3. The van der Waals surface area contributed by atoms with Gasteiger partial charge in [-0.25, -0.2) is 10.4 Å². The van der Waals surface area contributed by atoms with Gasteiger partial charge in [-0.15, -0.1) is 0 Å². The molecule has 0 unspecified atom stereocenters. The Hall–Kier alpha value is -4.67. The lowest BCUT2D eigenvalue weighted by Gasteiger charge is -2.32. The molecule has 0 saturated heterocycles. The number of halogens is 1. The molecule has 46 heavy (non-hydrogen) atoms. The Kier molecular flexibility index (Phi) is 9.65. The van der Waals surface area contributed by atoms with E-state index in [9.17, 15) is 10.3 Å². The van der Waals surface area contributed by atoms with Crippen LogP contribution in [0.25, 0.3) is 10.4 Å². The Balaban J connectivity index is 1.39. The molecule has 4 aromatic carbocycles. The number of nitrogens with zero attached hydrogens (tertiary/aromatic N) is 4. The molecule has 1 aliphatic heterocycles. The van der Waals surface area contributed by atoms with Crippen molar-refractivity contribution in [1.82, 2.24) is 10.9 Å². The number of azide groups is 1. The Morgan fingerprint density at radius 2 is 1.72 bits per heavy atom. The van der Waals surface area contributed by atoms with Crippen LogP contribution >= 0.6 is 15.9 Å². The molecule has 2 aliphatic rings. The van der Waals surface area contributed by atoms with E-state index in [1.54, 1.807) is 12.1 Å². The topological polar surface area (TPSA) is 141 Å². The third-order valence-electron chi connectivity index (χ3n) is 8.26. The largest absolute Gasteiger partial charge is 0.494 e. The molecule has 10 nitrogen and oxygen atoms in total. The SMILES string of the molecule is [N-]=[N+]=Nc1ccccc1C[C@]1(C(=O)NNC2Cc3ccccc3C2)N=C(c2ccc(OCCCO)cc2)O[C@H]1c1ccccc1Br. The first-order valence-electron chi connectivity index (χ1n) is 15.1. The second-order valence-electron chi connectivity index (χ2n) is 11.3. The summed E-state index contributed by atoms with van der Waals surface area (Å²) in [5.74, 6) is 0.568. The monoisotopic (exact) mass is 680 g/mol. The van der Waals surface area contributed by atoms with Crippen LogP contribution in [0.5, 0.6) is 5.75 Å². The number of aliphatic hydroxyl groups excluding tert-OH is 1. The summed E-state index contributed by atoms with van der Waals surface area (Å²) in [6.45, 7) is 0.443. The van der Waals surface area contributed by atoms with Crippen molar-refractivity contribution in [2.24, 2.45) is 10.1 Å². The van der Waals surface area contributed by atoms with Crippen LogP contribution in [0.1, 0.15) is 40.3 Å². The summed E-state index contributed by atoms with van der Waals surface area (Å²) >= 11 is 3.68. The highest BCUT2D eigenvalue weighted by Gasteiger charge is 2.54. The van der Waals surface area contributed by atoms with Crippen molar-refractivity contribution in [1.29, 1.82) is 0 Å². The van der Waals surface area contributed by atoms with Crippen LogP contribution in [-0.2, 0) is 28.8 Å². The zero-order chi connectivity index (χ0) is 31.9. The number of hydrogen-bond donors (Lipinski definition) is 3. The van der Waals surface area contributed by atoms with Crippen LogP contribution in [-0.4, -0.2) is 41.7 Å². The molecular weight excluding hydrogens is 648 g/mol. The van der Waals surface area contributed by atoms with Crippen LogP contribution in [0.4, 0.5) is 5.69 Å². The maximum absolute atomic E-state index is 14.6. The third-order valence-corrected chi connectivity index (χ3v) is 8.98. The molecule has 1 amide bonds. The van der Waals surface area contributed by atoms with E-state index in [2.05, 4.69) is 48.9 Å². The smallest absolute Gasteiger partial charge is 0.266 e. The summed E-state index contributed by atoms with van der Waals surface area (Å²) in [4.78, 5) is 22.7. The minimum Gasteiger partial charge on any atom is -0.494 e. The molecule has 3 N–H and O–H groups in total. The van der Waals surface area contributed by atoms with E-state index in [0.29, 0.717) is 41.5 Å². The third kappa shape index (κ3) is 6.63. The molecule has 1 heterocycles. The lowest BCUT2D eigenvalue weighted by molar-refractivity contribution is -0.130. The number of hydrogen-bond acceptors (Lipinski definition) is 7. The number of hydrazine groups is 1. The van der Waals surface area contributed by atoms with Gasteiger partial charge < -0.3 is 14.6 Å². The van der Waals surface area contributed by atoms with Crippen molar-refractivity contribution < 1.29 is 19.4 Å². The summed E-state index contributed by atoms with van der Waals surface area (Å²) < 4.78 is 13.1. The van der Waals surface area contributed by atoms with Gasteiger partial charge in [0.25, 0.3) is 5.91 Å². The van der Waals surface area contributed by atoms with Crippen molar-refractivity contribution in [3.8, 4) is 5.75 Å². The molecule has 4 aromatic rings. The van der Waals surface area contributed by atoms with Gasteiger partial charge in [-0.1, -0.05) is 87.8 Å². The summed E-state index contributed by atoms with van der Waals surface area (Å²) in [6.07, 6.45) is 1.36. The molecule has 0 radical (unpaired) electrons. The molecule has 0 spiro atoms.